The smallest absolute Gasteiger partial charge is 0.119 e. The fraction of sp³-hybridized carbons (Fsp3) is 0.286. The van der Waals surface area contributed by atoms with Gasteiger partial charge in [-0.25, -0.2) is 0 Å². The molecule has 0 saturated carbocycles. The van der Waals surface area contributed by atoms with Gasteiger partial charge in [0.2, 0.25) is 0 Å². The Balaban J connectivity index is 1.42. The zero-order valence-corrected chi connectivity index (χ0v) is 20.3. The van der Waals surface area contributed by atoms with Crippen molar-refractivity contribution in [2.45, 2.75) is 27.4 Å². The van der Waals surface area contributed by atoms with Crippen molar-refractivity contribution < 1.29 is 14.2 Å². The van der Waals surface area contributed by atoms with Gasteiger partial charge < -0.3 is 14.2 Å². The average Bonchev–Trinajstić information content (AvgIpc) is 3.36. The van der Waals surface area contributed by atoms with Crippen LogP contribution < -0.4 is 14.2 Å². The van der Waals surface area contributed by atoms with Gasteiger partial charge in [-0.1, -0.05) is 36.4 Å². The lowest BCUT2D eigenvalue weighted by molar-refractivity contribution is 0.110. The van der Waals surface area contributed by atoms with Crippen LogP contribution in [-0.4, -0.2) is 26.4 Å². The van der Waals surface area contributed by atoms with Crippen LogP contribution in [0, 0.1) is 13.8 Å². The molecule has 0 aromatic heterocycles. The first kappa shape index (κ1) is 23.4. The van der Waals surface area contributed by atoms with Gasteiger partial charge in [-0.3, -0.25) is 4.72 Å². The summed E-state index contributed by atoms with van der Waals surface area (Å²) in [7, 11) is 0. The summed E-state index contributed by atoms with van der Waals surface area (Å²) in [4.78, 5) is 1.27. The summed E-state index contributed by atoms with van der Waals surface area (Å²) < 4.78 is 20.5. The van der Waals surface area contributed by atoms with E-state index in [0.717, 1.165) is 23.6 Å². The maximum Gasteiger partial charge on any atom is 0.119 e. The molecule has 0 saturated heterocycles. The molecule has 172 valence electrons. The van der Waals surface area contributed by atoms with E-state index in [4.69, 9.17) is 14.2 Å². The summed E-state index contributed by atoms with van der Waals surface area (Å²) in [6.07, 6.45) is 2.20. The zero-order chi connectivity index (χ0) is 23.0. The van der Waals surface area contributed by atoms with Crippen LogP contribution in [-0.2, 0) is 11.3 Å². The molecular formula is C28H31NO3S. The van der Waals surface area contributed by atoms with Gasteiger partial charge in [0.1, 0.15) is 24.7 Å². The second-order valence-corrected chi connectivity index (χ2v) is 8.94. The lowest BCUT2D eigenvalue weighted by Gasteiger charge is -2.15. The third-order valence-corrected chi connectivity index (χ3v) is 6.45. The van der Waals surface area contributed by atoms with Gasteiger partial charge >= 0.3 is 0 Å². The number of hydrogen-bond donors (Lipinski definition) is 1. The molecule has 1 heterocycles. The predicted molar refractivity (Wildman–Crippen MR) is 138 cm³/mol. The second-order valence-electron chi connectivity index (χ2n) is 8.01. The Hall–Kier alpha value is -2.73. The molecule has 0 bridgehead atoms. The summed E-state index contributed by atoms with van der Waals surface area (Å²) in [5, 5.41) is 0. The number of nitrogens with one attached hydrogen (secondary N) is 1. The molecule has 0 spiro atoms. The van der Waals surface area contributed by atoms with E-state index >= 15 is 0 Å². The van der Waals surface area contributed by atoms with Gasteiger partial charge in [0, 0.05) is 18.1 Å². The molecule has 33 heavy (non-hydrogen) atoms. The Bertz CT molecular complexity index is 1090. The first-order valence-electron chi connectivity index (χ1n) is 11.4. The average molecular weight is 462 g/mol. The van der Waals surface area contributed by atoms with Gasteiger partial charge in [0.05, 0.1) is 6.61 Å². The highest BCUT2D eigenvalue weighted by molar-refractivity contribution is 8.06. The van der Waals surface area contributed by atoms with Crippen molar-refractivity contribution in [3.8, 4) is 22.6 Å². The normalized spacial score (nSPS) is 13.1. The Kier molecular flexibility index (Phi) is 8.10. The number of ether oxygens (including phenoxy) is 3. The van der Waals surface area contributed by atoms with E-state index in [0.29, 0.717) is 26.4 Å². The molecule has 1 N–H and O–H groups in total. The monoisotopic (exact) mass is 461 g/mol. The largest absolute Gasteiger partial charge is 0.491 e. The molecule has 0 fully saturated rings. The summed E-state index contributed by atoms with van der Waals surface area (Å²) in [5.74, 6) is 1.76. The third-order valence-electron chi connectivity index (χ3n) is 5.52. The predicted octanol–water partition coefficient (Wildman–Crippen LogP) is 6.56. The molecule has 0 amide bonds. The quantitative estimate of drug-likeness (QED) is 0.274. The Labute approximate surface area is 201 Å². The molecule has 1 aliphatic heterocycles. The van der Waals surface area contributed by atoms with Crippen molar-refractivity contribution in [2.75, 3.05) is 26.4 Å². The van der Waals surface area contributed by atoms with Crippen LogP contribution in [0.5, 0.6) is 11.5 Å². The van der Waals surface area contributed by atoms with E-state index in [9.17, 15) is 0 Å². The highest BCUT2D eigenvalue weighted by Gasteiger charge is 2.10. The van der Waals surface area contributed by atoms with Crippen molar-refractivity contribution >= 4 is 16.9 Å². The fourth-order valence-electron chi connectivity index (χ4n) is 4.00. The molecule has 0 unspecified atom stereocenters. The van der Waals surface area contributed by atoms with Crippen LogP contribution in [0.4, 0.5) is 0 Å². The maximum absolute atomic E-state index is 6.07. The molecule has 0 aliphatic carbocycles. The van der Waals surface area contributed by atoms with Crippen LogP contribution in [0.15, 0.2) is 66.7 Å². The summed E-state index contributed by atoms with van der Waals surface area (Å²) in [6, 6.07) is 21.1. The van der Waals surface area contributed by atoms with Crippen molar-refractivity contribution in [3.63, 3.8) is 0 Å². The van der Waals surface area contributed by atoms with Gasteiger partial charge in [-0.05, 0) is 96.4 Å². The van der Waals surface area contributed by atoms with Crippen molar-refractivity contribution in [2.24, 2.45) is 0 Å². The Morgan fingerprint density at radius 1 is 0.848 bits per heavy atom. The fourth-order valence-corrected chi connectivity index (χ4v) is 4.74. The lowest BCUT2D eigenvalue weighted by Crippen LogP contribution is -2.06. The standard InChI is InChI=1S/C28H31NO3S/c1-4-30-14-15-31-26-16-20(2)28(21(3)17-26)24-7-5-6-22(18-24)19-32-25-10-8-23(9-11-25)27-12-13-29-33-27/h5-12,16-18,29H,4,13-15,19H2,1-3H3. The minimum atomic E-state index is 0.531. The van der Waals surface area contributed by atoms with Gasteiger partial charge in [0.15, 0.2) is 0 Å². The van der Waals surface area contributed by atoms with Crippen LogP contribution in [0.1, 0.15) is 29.2 Å². The summed E-state index contributed by atoms with van der Waals surface area (Å²) in [5.41, 5.74) is 7.20. The van der Waals surface area contributed by atoms with Crippen LogP contribution in [0.2, 0.25) is 0 Å². The van der Waals surface area contributed by atoms with Crippen molar-refractivity contribution in [1.29, 1.82) is 0 Å². The molecule has 4 nitrogen and oxygen atoms in total. The van der Waals surface area contributed by atoms with E-state index < -0.39 is 0 Å². The number of benzene rings is 3. The summed E-state index contributed by atoms with van der Waals surface area (Å²) >= 11 is 1.68. The van der Waals surface area contributed by atoms with Crippen molar-refractivity contribution in [1.82, 2.24) is 4.72 Å². The van der Waals surface area contributed by atoms with Crippen molar-refractivity contribution in [3.05, 3.63) is 89.0 Å². The van der Waals surface area contributed by atoms with Gasteiger partial charge in [-0.2, -0.15) is 0 Å². The van der Waals surface area contributed by atoms with Crippen LogP contribution in [0.25, 0.3) is 16.0 Å². The van der Waals surface area contributed by atoms with Crippen LogP contribution in [0.3, 0.4) is 0 Å². The minimum absolute atomic E-state index is 0.531. The molecule has 0 radical (unpaired) electrons. The first-order chi connectivity index (χ1) is 16.1. The molecular weight excluding hydrogens is 430 g/mol. The van der Waals surface area contributed by atoms with Gasteiger partial charge in [-0.15, -0.1) is 0 Å². The van der Waals surface area contributed by atoms with E-state index in [2.05, 4.69) is 73.2 Å². The van der Waals surface area contributed by atoms with E-state index in [1.807, 2.05) is 19.1 Å². The highest BCUT2D eigenvalue weighted by atomic mass is 32.2. The SMILES string of the molecule is CCOCCOc1cc(C)c(-c2cccc(COc3ccc(C4=CCNS4)cc3)c2)c(C)c1. The molecule has 0 atom stereocenters. The van der Waals surface area contributed by atoms with E-state index in [1.165, 1.54) is 32.7 Å². The Morgan fingerprint density at radius 2 is 1.64 bits per heavy atom. The van der Waals surface area contributed by atoms with Crippen LogP contribution >= 0.6 is 11.9 Å². The summed E-state index contributed by atoms with van der Waals surface area (Å²) in [6.45, 7) is 9.58. The van der Waals surface area contributed by atoms with E-state index in [1.54, 1.807) is 11.9 Å². The highest BCUT2D eigenvalue weighted by Crippen LogP contribution is 2.32. The van der Waals surface area contributed by atoms with Gasteiger partial charge in [0.25, 0.3) is 0 Å². The molecule has 4 rings (SSSR count). The second kappa shape index (κ2) is 11.4. The number of rotatable bonds is 10. The first-order valence-corrected chi connectivity index (χ1v) is 12.2. The van der Waals surface area contributed by atoms with E-state index in [-0.39, 0.29) is 0 Å². The number of aryl methyl sites for hydroxylation is 2. The zero-order valence-electron chi connectivity index (χ0n) is 19.5. The third kappa shape index (κ3) is 6.20. The topological polar surface area (TPSA) is 39.7 Å². The Morgan fingerprint density at radius 3 is 2.33 bits per heavy atom. The molecule has 5 heteroatoms. The molecule has 1 aliphatic rings. The molecule has 3 aromatic rings. The minimum Gasteiger partial charge on any atom is -0.491 e. The maximum atomic E-state index is 6.07. The molecule has 3 aromatic carbocycles. The lowest BCUT2D eigenvalue weighted by atomic mass is 9.94. The number of hydrogen-bond acceptors (Lipinski definition) is 5.